The number of carboxylic acid groups (broad SMARTS) is 1. The molecule has 0 aliphatic carbocycles. The molecular weight excluding hydrogens is 256 g/mol. The zero-order valence-electron chi connectivity index (χ0n) is 11.9. The van der Waals surface area contributed by atoms with Gasteiger partial charge in [-0.05, 0) is 25.0 Å². The van der Waals surface area contributed by atoms with Gasteiger partial charge in [0.05, 0.1) is 17.6 Å². The number of hydrogen-bond acceptors (Lipinski definition) is 3. The van der Waals surface area contributed by atoms with E-state index in [1.165, 1.54) is 0 Å². The molecule has 5 nitrogen and oxygen atoms in total. The predicted octanol–water partition coefficient (Wildman–Crippen LogP) is 2.86. The highest BCUT2D eigenvalue weighted by molar-refractivity contribution is 5.79. The third-order valence-electron chi connectivity index (χ3n) is 3.03. The quantitative estimate of drug-likeness (QED) is 0.844. The molecule has 2 aromatic rings. The summed E-state index contributed by atoms with van der Waals surface area (Å²) in [5.74, 6) is 0.518. The van der Waals surface area contributed by atoms with Crippen LogP contribution in [0.2, 0.25) is 0 Å². The Kier molecular flexibility index (Phi) is 4.61. The maximum Gasteiger partial charge on any atom is 0.311 e. The lowest BCUT2D eigenvalue weighted by atomic mass is 10.3. The molecule has 0 spiro atoms. The SMILES string of the molecule is CCCOc1ccc2c(c1)nc(CC(=O)O)n2CCC. The van der Waals surface area contributed by atoms with E-state index >= 15 is 0 Å². The number of aromatic nitrogens is 2. The van der Waals surface area contributed by atoms with Gasteiger partial charge in [0.1, 0.15) is 18.0 Å². The second kappa shape index (κ2) is 6.41. The van der Waals surface area contributed by atoms with Crippen LogP contribution in [0.3, 0.4) is 0 Å². The van der Waals surface area contributed by atoms with Crippen LogP contribution >= 0.6 is 0 Å². The van der Waals surface area contributed by atoms with Crippen LogP contribution in [0.5, 0.6) is 5.75 Å². The summed E-state index contributed by atoms with van der Waals surface area (Å²) in [6.45, 7) is 5.56. The van der Waals surface area contributed by atoms with E-state index in [-0.39, 0.29) is 6.42 Å². The van der Waals surface area contributed by atoms with Crippen LogP contribution in [-0.2, 0) is 17.8 Å². The van der Waals surface area contributed by atoms with Crippen molar-refractivity contribution in [2.75, 3.05) is 6.61 Å². The zero-order chi connectivity index (χ0) is 14.5. The van der Waals surface area contributed by atoms with Crippen LogP contribution < -0.4 is 4.74 Å². The topological polar surface area (TPSA) is 64.3 Å². The van der Waals surface area contributed by atoms with Gasteiger partial charge in [0.2, 0.25) is 0 Å². The number of aliphatic carboxylic acids is 1. The summed E-state index contributed by atoms with van der Waals surface area (Å²) >= 11 is 0. The van der Waals surface area contributed by atoms with Crippen LogP contribution in [0.1, 0.15) is 32.5 Å². The number of nitrogens with zero attached hydrogens (tertiary/aromatic N) is 2. The van der Waals surface area contributed by atoms with Crippen LogP contribution in [0, 0.1) is 0 Å². The summed E-state index contributed by atoms with van der Waals surface area (Å²) in [5.41, 5.74) is 1.76. The number of imidazole rings is 1. The van der Waals surface area contributed by atoms with E-state index in [9.17, 15) is 4.79 Å². The van der Waals surface area contributed by atoms with Gasteiger partial charge in [0, 0.05) is 12.6 Å². The number of rotatable bonds is 7. The zero-order valence-corrected chi connectivity index (χ0v) is 11.9. The average Bonchev–Trinajstić information content (AvgIpc) is 2.73. The number of ether oxygens (including phenoxy) is 1. The van der Waals surface area contributed by atoms with E-state index in [0.29, 0.717) is 12.4 Å². The molecule has 1 heterocycles. The minimum Gasteiger partial charge on any atom is -0.494 e. The molecule has 0 saturated heterocycles. The van der Waals surface area contributed by atoms with E-state index in [1.807, 2.05) is 22.8 Å². The summed E-state index contributed by atoms with van der Waals surface area (Å²) < 4.78 is 7.57. The Bertz CT molecular complexity index is 604. The molecule has 0 unspecified atom stereocenters. The Labute approximate surface area is 118 Å². The molecule has 5 heteroatoms. The highest BCUT2D eigenvalue weighted by Crippen LogP contribution is 2.23. The fraction of sp³-hybridized carbons (Fsp3) is 0.467. The Morgan fingerprint density at radius 1 is 1.35 bits per heavy atom. The first-order valence-corrected chi connectivity index (χ1v) is 6.99. The monoisotopic (exact) mass is 276 g/mol. The van der Waals surface area contributed by atoms with E-state index in [2.05, 4.69) is 18.8 Å². The summed E-state index contributed by atoms with van der Waals surface area (Å²) in [7, 11) is 0. The lowest BCUT2D eigenvalue weighted by Gasteiger charge is -2.07. The number of carboxylic acids is 1. The largest absolute Gasteiger partial charge is 0.494 e. The summed E-state index contributed by atoms with van der Waals surface area (Å²) in [5, 5.41) is 8.98. The van der Waals surface area contributed by atoms with Gasteiger partial charge >= 0.3 is 5.97 Å². The van der Waals surface area contributed by atoms with Gasteiger partial charge in [-0.3, -0.25) is 4.79 Å². The molecule has 1 aromatic heterocycles. The normalized spacial score (nSPS) is 10.9. The molecule has 0 bridgehead atoms. The fourth-order valence-electron chi connectivity index (χ4n) is 2.21. The first kappa shape index (κ1) is 14.4. The summed E-state index contributed by atoms with van der Waals surface area (Å²) in [4.78, 5) is 15.4. The molecule has 0 atom stereocenters. The second-order valence-corrected chi connectivity index (χ2v) is 4.75. The highest BCUT2D eigenvalue weighted by atomic mass is 16.5. The molecule has 0 aliphatic heterocycles. The van der Waals surface area contributed by atoms with Crippen molar-refractivity contribution in [3.05, 3.63) is 24.0 Å². The van der Waals surface area contributed by atoms with E-state index in [4.69, 9.17) is 9.84 Å². The van der Waals surface area contributed by atoms with Crippen LogP contribution in [-0.4, -0.2) is 27.2 Å². The molecule has 0 aliphatic rings. The summed E-state index contributed by atoms with van der Waals surface area (Å²) in [6, 6.07) is 5.74. The van der Waals surface area contributed by atoms with Crippen molar-refractivity contribution in [2.24, 2.45) is 0 Å². The lowest BCUT2D eigenvalue weighted by Crippen LogP contribution is -2.09. The van der Waals surface area contributed by atoms with Gasteiger partial charge in [0.15, 0.2) is 0 Å². The predicted molar refractivity (Wildman–Crippen MR) is 77.1 cm³/mol. The Balaban J connectivity index is 2.40. The average molecular weight is 276 g/mol. The molecule has 20 heavy (non-hydrogen) atoms. The van der Waals surface area contributed by atoms with Crippen LogP contribution in [0.4, 0.5) is 0 Å². The van der Waals surface area contributed by atoms with E-state index < -0.39 is 5.97 Å². The number of aryl methyl sites for hydroxylation is 1. The molecule has 2 rings (SSSR count). The number of fused-ring (bicyclic) bond motifs is 1. The molecule has 1 aromatic carbocycles. The molecule has 0 saturated carbocycles. The molecule has 1 N–H and O–H groups in total. The lowest BCUT2D eigenvalue weighted by molar-refractivity contribution is -0.136. The number of carbonyl (C=O) groups is 1. The minimum absolute atomic E-state index is 0.0557. The van der Waals surface area contributed by atoms with Crippen molar-refractivity contribution in [1.29, 1.82) is 0 Å². The number of benzene rings is 1. The third kappa shape index (κ3) is 3.10. The van der Waals surface area contributed by atoms with Gasteiger partial charge in [0.25, 0.3) is 0 Å². The molecular formula is C15H20N2O3. The van der Waals surface area contributed by atoms with Crippen molar-refractivity contribution in [3.63, 3.8) is 0 Å². The van der Waals surface area contributed by atoms with Crippen molar-refractivity contribution in [3.8, 4) is 5.75 Å². The van der Waals surface area contributed by atoms with Crippen molar-refractivity contribution in [1.82, 2.24) is 9.55 Å². The Hall–Kier alpha value is -2.04. The third-order valence-corrected chi connectivity index (χ3v) is 3.03. The minimum atomic E-state index is -0.861. The van der Waals surface area contributed by atoms with Crippen LogP contribution in [0.15, 0.2) is 18.2 Å². The van der Waals surface area contributed by atoms with Crippen molar-refractivity contribution < 1.29 is 14.6 Å². The van der Waals surface area contributed by atoms with Gasteiger partial charge in [-0.1, -0.05) is 13.8 Å². The van der Waals surface area contributed by atoms with Crippen molar-refractivity contribution >= 4 is 17.0 Å². The standard InChI is InChI=1S/C15H20N2O3/c1-3-7-17-13-6-5-11(20-8-4-2)9-12(13)16-14(17)10-15(18)19/h5-6,9H,3-4,7-8,10H2,1-2H3,(H,18,19). The maximum absolute atomic E-state index is 10.9. The molecule has 108 valence electrons. The van der Waals surface area contributed by atoms with Gasteiger partial charge in [-0.2, -0.15) is 0 Å². The Morgan fingerprint density at radius 2 is 2.15 bits per heavy atom. The first-order valence-electron chi connectivity index (χ1n) is 6.99. The summed E-state index contributed by atoms with van der Waals surface area (Å²) in [6.07, 6.45) is 1.83. The van der Waals surface area contributed by atoms with Crippen LogP contribution in [0.25, 0.3) is 11.0 Å². The van der Waals surface area contributed by atoms with Gasteiger partial charge < -0.3 is 14.4 Å². The second-order valence-electron chi connectivity index (χ2n) is 4.75. The van der Waals surface area contributed by atoms with Gasteiger partial charge in [-0.15, -0.1) is 0 Å². The maximum atomic E-state index is 10.9. The molecule has 0 amide bonds. The smallest absolute Gasteiger partial charge is 0.311 e. The van der Waals surface area contributed by atoms with E-state index in [0.717, 1.165) is 36.2 Å². The molecule has 0 radical (unpaired) electrons. The molecule has 0 fully saturated rings. The number of hydrogen-bond donors (Lipinski definition) is 1. The van der Waals surface area contributed by atoms with E-state index in [1.54, 1.807) is 0 Å². The highest BCUT2D eigenvalue weighted by Gasteiger charge is 2.13. The van der Waals surface area contributed by atoms with Crippen molar-refractivity contribution in [2.45, 2.75) is 39.7 Å². The fourth-order valence-corrected chi connectivity index (χ4v) is 2.21. The Morgan fingerprint density at radius 3 is 2.80 bits per heavy atom. The first-order chi connectivity index (χ1) is 9.65. The van der Waals surface area contributed by atoms with Gasteiger partial charge in [-0.25, -0.2) is 4.98 Å².